The smallest absolute Gasteiger partial charge is 0.343 e. The molecule has 11 heteroatoms. The number of rotatable bonds is 9. The van der Waals surface area contributed by atoms with Crippen LogP contribution in [0.25, 0.3) is 0 Å². The van der Waals surface area contributed by atoms with Gasteiger partial charge >= 0.3 is 6.18 Å². The Bertz CT molecular complexity index is 1250. The van der Waals surface area contributed by atoms with Gasteiger partial charge in [0.05, 0.1) is 10.5 Å². The van der Waals surface area contributed by atoms with E-state index in [4.69, 9.17) is 0 Å². The molecule has 7 nitrogen and oxygen atoms in total. The number of pyridine rings is 1. The minimum Gasteiger partial charge on any atom is -0.343 e. The summed E-state index contributed by atoms with van der Waals surface area (Å²) in [4.78, 5) is 21.4. The largest absolute Gasteiger partial charge is 0.416 e. The molecule has 2 aliphatic heterocycles. The maximum Gasteiger partial charge on any atom is 0.416 e. The summed E-state index contributed by atoms with van der Waals surface area (Å²) in [6, 6.07) is 7.32. The first-order chi connectivity index (χ1) is 18.9. The summed E-state index contributed by atoms with van der Waals surface area (Å²) in [5.41, 5.74) is 0.116. The van der Waals surface area contributed by atoms with Gasteiger partial charge in [0.2, 0.25) is 15.9 Å². The lowest BCUT2D eigenvalue weighted by Crippen LogP contribution is -2.49. The van der Waals surface area contributed by atoms with E-state index in [-0.39, 0.29) is 24.3 Å². The number of halogens is 3. The summed E-state index contributed by atoms with van der Waals surface area (Å²) >= 11 is 0. The molecule has 2 aromatic rings. The lowest BCUT2D eigenvalue weighted by molar-refractivity contribution is -0.137. The molecular formula is C29H39F3N4O3S. The van der Waals surface area contributed by atoms with Crippen LogP contribution in [0.2, 0.25) is 0 Å². The standard InChI is InChI=1S/C29H39F3N4O3S/c1-34(2)16-7-12-28(24-9-6-15-33-22-24)13-18-35(19-14-28)27(37)21-25-10-3-4-17-36(25)40(38,39)26-11-5-8-23(20-26)29(30,31)32/h5-6,8-9,11,15,20,22,25H,3-4,7,10,12-14,16-19,21H2,1-2H3. The molecular weight excluding hydrogens is 541 g/mol. The van der Waals surface area contributed by atoms with Crippen molar-refractivity contribution in [1.82, 2.24) is 19.1 Å². The van der Waals surface area contributed by atoms with Crippen LogP contribution >= 0.6 is 0 Å². The summed E-state index contributed by atoms with van der Waals surface area (Å²) in [6.07, 6.45) is 4.56. The molecule has 1 unspecified atom stereocenters. The Morgan fingerprint density at radius 1 is 1.10 bits per heavy atom. The summed E-state index contributed by atoms with van der Waals surface area (Å²) < 4.78 is 67.9. The van der Waals surface area contributed by atoms with E-state index in [2.05, 4.69) is 30.0 Å². The maximum absolute atomic E-state index is 13.4. The van der Waals surface area contributed by atoms with Crippen LogP contribution < -0.4 is 0 Å². The molecule has 1 amide bonds. The van der Waals surface area contributed by atoms with E-state index in [0.717, 1.165) is 50.8 Å². The van der Waals surface area contributed by atoms with Crippen molar-refractivity contribution in [1.29, 1.82) is 0 Å². The second-order valence-corrected chi connectivity index (χ2v) is 13.2. The van der Waals surface area contributed by atoms with Gasteiger partial charge in [0.15, 0.2) is 0 Å². The molecule has 2 aliphatic rings. The molecule has 0 saturated carbocycles. The molecule has 0 spiro atoms. The van der Waals surface area contributed by atoms with Crippen LogP contribution in [0.4, 0.5) is 13.2 Å². The Balaban J connectivity index is 1.45. The number of hydrogen-bond acceptors (Lipinski definition) is 5. The fourth-order valence-corrected chi connectivity index (χ4v) is 7.81. The summed E-state index contributed by atoms with van der Waals surface area (Å²) in [6.45, 7) is 2.31. The van der Waals surface area contributed by atoms with Gasteiger partial charge in [-0.15, -0.1) is 0 Å². The number of carbonyl (C=O) groups is 1. The van der Waals surface area contributed by atoms with Crippen molar-refractivity contribution >= 4 is 15.9 Å². The van der Waals surface area contributed by atoms with Gasteiger partial charge in [-0.25, -0.2) is 8.42 Å². The van der Waals surface area contributed by atoms with Gasteiger partial charge in [-0.2, -0.15) is 17.5 Å². The van der Waals surface area contributed by atoms with Crippen LogP contribution in [0.3, 0.4) is 0 Å². The van der Waals surface area contributed by atoms with Gasteiger partial charge in [0.1, 0.15) is 0 Å². The highest BCUT2D eigenvalue weighted by Gasteiger charge is 2.40. The Morgan fingerprint density at radius 2 is 1.85 bits per heavy atom. The zero-order valence-corrected chi connectivity index (χ0v) is 24.1. The van der Waals surface area contributed by atoms with Gasteiger partial charge < -0.3 is 9.80 Å². The third-order valence-electron chi connectivity index (χ3n) is 8.36. The number of likely N-dealkylation sites (tertiary alicyclic amines) is 1. The predicted molar refractivity (Wildman–Crippen MR) is 147 cm³/mol. The summed E-state index contributed by atoms with van der Waals surface area (Å²) in [7, 11) is -0.0799. The van der Waals surface area contributed by atoms with E-state index >= 15 is 0 Å². The quantitative estimate of drug-likeness (QED) is 0.420. The fourth-order valence-electron chi connectivity index (χ4n) is 6.07. The first-order valence-corrected chi connectivity index (χ1v) is 15.4. The van der Waals surface area contributed by atoms with Crippen LogP contribution in [0.15, 0.2) is 53.7 Å². The third kappa shape index (κ3) is 7.03. The highest BCUT2D eigenvalue weighted by Crippen LogP contribution is 2.40. The van der Waals surface area contributed by atoms with Crippen LogP contribution in [0, 0.1) is 0 Å². The van der Waals surface area contributed by atoms with E-state index < -0.39 is 32.7 Å². The van der Waals surface area contributed by atoms with E-state index in [1.165, 1.54) is 15.9 Å². The van der Waals surface area contributed by atoms with Gasteiger partial charge in [-0.05, 0) is 89.0 Å². The lowest BCUT2D eigenvalue weighted by Gasteiger charge is -2.43. The molecule has 2 saturated heterocycles. The van der Waals surface area contributed by atoms with Crippen molar-refractivity contribution in [3.63, 3.8) is 0 Å². The van der Waals surface area contributed by atoms with Crippen molar-refractivity contribution in [2.75, 3.05) is 40.3 Å². The molecule has 0 radical (unpaired) electrons. The Kier molecular flexibility index (Phi) is 9.57. The summed E-state index contributed by atoms with van der Waals surface area (Å²) in [5.74, 6) is -0.107. The van der Waals surface area contributed by atoms with Crippen LogP contribution in [-0.2, 0) is 26.4 Å². The number of amides is 1. The van der Waals surface area contributed by atoms with Gasteiger partial charge in [0.25, 0.3) is 0 Å². The van der Waals surface area contributed by atoms with E-state index in [0.29, 0.717) is 32.0 Å². The monoisotopic (exact) mass is 580 g/mol. The minimum atomic E-state index is -4.64. The molecule has 0 aliphatic carbocycles. The fraction of sp³-hybridized carbons (Fsp3) is 0.586. The molecule has 1 aromatic carbocycles. The second-order valence-electron chi connectivity index (χ2n) is 11.3. The first-order valence-electron chi connectivity index (χ1n) is 13.9. The topological polar surface area (TPSA) is 73.8 Å². The Morgan fingerprint density at radius 3 is 2.50 bits per heavy atom. The Labute approximate surface area is 235 Å². The van der Waals surface area contributed by atoms with Crippen molar-refractivity contribution in [2.45, 2.75) is 73.9 Å². The number of piperidine rings is 2. The van der Waals surface area contributed by atoms with Gasteiger partial charge in [0, 0.05) is 49.9 Å². The number of nitrogens with zero attached hydrogens (tertiary/aromatic N) is 4. The third-order valence-corrected chi connectivity index (χ3v) is 10.3. The number of alkyl halides is 3. The van der Waals surface area contributed by atoms with Gasteiger partial charge in [-0.1, -0.05) is 18.6 Å². The molecule has 220 valence electrons. The number of carbonyl (C=O) groups excluding carboxylic acids is 1. The zero-order valence-electron chi connectivity index (χ0n) is 23.2. The molecule has 1 aromatic heterocycles. The van der Waals surface area contributed by atoms with E-state index in [9.17, 15) is 26.4 Å². The highest BCUT2D eigenvalue weighted by atomic mass is 32.2. The number of benzene rings is 1. The molecule has 4 rings (SSSR count). The van der Waals surface area contributed by atoms with Crippen LogP contribution in [0.5, 0.6) is 0 Å². The minimum absolute atomic E-state index is 0.0265. The van der Waals surface area contributed by atoms with Crippen molar-refractivity contribution < 1.29 is 26.4 Å². The lowest BCUT2D eigenvalue weighted by atomic mass is 9.70. The molecule has 3 heterocycles. The predicted octanol–water partition coefficient (Wildman–Crippen LogP) is 4.94. The Hall–Kier alpha value is -2.50. The number of hydrogen-bond donors (Lipinski definition) is 0. The SMILES string of the molecule is CN(C)CCCC1(c2cccnc2)CCN(C(=O)CC2CCCCN2S(=O)(=O)c2cccc(C(F)(F)F)c2)CC1. The van der Waals surface area contributed by atoms with Crippen molar-refractivity contribution in [3.05, 3.63) is 59.9 Å². The molecule has 0 N–H and O–H groups in total. The normalized spacial score (nSPS) is 20.6. The second kappa shape index (κ2) is 12.6. The van der Waals surface area contributed by atoms with Crippen LogP contribution in [-0.4, -0.2) is 79.7 Å². The van der Waals surface area contributed by atoms with Crippen molar-refractivity contribution in [2.24, 2.45) is 0 Å². The number of aromatic nitrogens is 1. The molecule has 2 fully saturated rings. The number of sulfonamides is 1. The maximum atomic E-state index is 13.4. The average molecular weight is 581 g/mol. The first kappa shape index (κ1) is 30.5. The van der Waals surface area contributed by atoms with E-state index in [1.807, 2.05) is 17.2 Å². The average Bonchev–Trinajstić information content (AvgIpc) is 2.93. The summed E-state index contributed by atoms with van der Waals surface area (Å²) in [5, 5.41) is 0. The van der Waals surface area contributed by atoms with Crippen molar-refractivity contribution in [3.8, 4) is 0 Å². The van der Waals surface area contributed by atoms with Crippen LogP contribution in [0.1, 0.15) is 62.5 Å². The molecule has 0 bridgehead atoms. The van der Waals surface area contributed by atoms with E-state index in [1.54, 1.807) is 6.20 Å². The molecule has 1 atom stereocenters. The zero-order chi connectivity index (χ0) is 29.0. The van der Waals surface area contributed by atoms with Gasteiger partial charge in [-0.3, -0.25) is 9.78 Å². The highest BCUT2D eigenvalue weighted by molar-refractivity contribution is 7.89. The molecule has 40 heavy (non-hydrogen) atoms.